The van der Waals surface area contributed by atoms with Crippen LogP contribution in [0.15, 0.2) is 53.8 Å². The lowest BCUT2D eigenvalue weighted by Crippen LogP contribution is -2.38. The highest BCUT2D eigenvalue weighted by Crippen LogP contribution is 2.10. The number of aromatic nitrogens is 1. The second kappa shape index (κ2) is 9.62. The Morgan fingerprint density at radius 2 is 1.87 bits per heavy atom. The van der Waals surface area contributed by atoms with Crippen LogP contribution in [0.1, 0.15) is 30.5 Å². The molecule has 0 spiro atoms. The Kier molecular flexibility index (Phi) is 7.11. The van der Waals surface area contributed by atoms with Gasteiger partial charge in [-0.15, -0.1) is 0 Å². The lowest BCUT2D eigenvalue weighted by Gasteiger charge is -2.12. The number of pyridine rings is 1. The van der Waals surface area contributed by atoms with Gasteiger partial charge in [-0.1, -0.05) is 37.3 Å². The Balaban J connectivity index is 1.91. The molecule has 2 aromatic rings. The highest BCUT2D eigenvalue weighted by atomic mass is 15.2. The van der Waals surface area contributed by atoms with Crippen LogP contribution in [0, 0.1) is 0 Å². The van der Waals surface area contributed by atoms with E-state index in [1.165, 1.54) is 16.7 Å². The molecule has 1 aromatic carbocycles. The van der Waals surface area contributed by atoms with E-state index in [4.69, 9.17) is 4.99 Å². The smallest absolute Gasteiger partial charge is 0.191 e. The average molecular weight is 310 g/mol. The second-order valence-corrected chi connectivity index (χ2v) is 5.36. The standard InChI is InChI=1S/C19H26N4/c1-3-17-9-5-6-10-18(17)15-23-19(21-4-2)22-13-11-16-8-7-12-20-14-16/h5-10,12,14H,3-4,11,13,15H2,1-2H3,(H2,21,22,23). The van der Waals surface area contributed by atoms with Crippen LogP contribution >= 0.6 is 0 Å². The minimum Gasteiger partial charge on any atom is -0.357 e. The normalized spacial score (nSPS) is 11.3. The van der Waals surface area contributed by atoms with Gasteiger partial charge in [0.2, 0.25) is 0 Å². The van der Waals surface area contributed by atoms with Crippen LogP contribution in [0.4, 0.5) is 0 Å². The molecule has 0 radical (unpaired) electrons. The van der Waals surface area contributed by atoms with Crippen LogP contribution in [0.3, 0.4) is 0 Å². The van der Waals surface area contributed by atoms with Crippen LogP contribution in [-0.2, 0) is 19.4 Å². The molecule has 2 N–H and O–H groups in total. The van der Waals surface area contributed by atoms with Gasteiger partial charge in [0.1, 0.15) is 0 Å². The van der Waals surface area contributed by atoms with Crippen molar-refractivity contribution in [2.24, 2.45) is 4.99 Å². The fraction of sp³-hybridized carbons (Fsp3) is 0.368. The zero-order valence-electron chi connectivity index (χ0n) is 14.0. The first-order chi connectivity index (χ1) is 11.3. The number of rotatable bonds is 7. The first-order valence-corrected chi connectivity index (χ1v) is 8.31. The molecule has 0 fully saturated rings. The van der Waals surface area contributed by atoms with Crippen molar-refractivity contribution in [3.8, 4) is 0 Å². The number of hydrogen-bond donors (Lipinski definition) is 2. The average Bonchev–Trinajstić information content (AvgIpc) is 2.61. The Bertz CT molecular complexity index is 608. The largest absolute Gasteiger partial charge is 0.357 e. The zero-order chi connectivity index (χ0) is 16.3. The summed E-state index contributed by atoms with van der Waals surface area (Å²) < 4.78 is 0. The maximum absolute atomic E-state index is 4.70. The van der Waals surface area contributed by atoms with Crippen molar-refractivity contribution in [3.05, 3.63) is 65.5 Å². The number of aryl methyl sites for hydroxylation is 1. The zero-order valence-corrected chi connectivity index (χ0v) is 14.0. The van der Waals surface area contributed by atoms with Crippen molar-refractivity contribution in [1.82, 2.24) is 15.6 Å². The highest BCUT2D eigenvalue weighted by Gasteiger charge is 2.01. The minimum atomic E-state index is 0.701. The van der Waals surface area contributed by atoms with Crippen LogP contribution in [-0.4, -0.2) is 24.0 Å². The van der Waals surface area contributed by atoms with Crippen molar-refractivity contribution in [2.75, 3.05) is 13.1 Å². The van der Waals surface area contributed by atoms with Crippen molar-refractivity contribution in [2.45, 2.75) is 33.2 Å². The number of aliphatic imine (C=N–C) groups is 1. The Morgan fingerprint density at radius 1 is 1.04 bits per heavy atom. The lowest BCUT2D eigenvalue weighted by molar-refractivity contribution is 0.797. The molecular formula is C19H26N4. The SMILES string of the molecule is CCNC(=NCc1ccccc1CC)NCCc1cccnc1. The molecule has 0 aliphatic rings. The van der Waals surface area contributed by atoms with Gasteiger partial charge in [-0.05, 0) is 42.5 Å². The third-order valence-corrected chi connectivity index (χ3v) is 3.68. The maximum atomic E-state index is 4.70. The van der Waals surface area contributed by atoms with Gasteiger partial charge in [0.05, 0.1) is 6.54 Å². The van der Waals surface area contributed by atoms with E-state index in [9.17, 15) is 0 Å². The van der Waals surface area contributed by atoms with E-state index >= 15 is 0 Å². The molecule has 122 valence electrons. The summed E-state index contributed by atoms with van der Waals surface area (Å²) in [6, 6.07) is 12.6. The molecule has 0 unspecified atom stereocenters. The first-order valence-electron chi connectivity index (χ1n) is 8.31. The minimum absolute atomic E-state index is 0.701. The van der Waals surface area contributed by atoms with Gasteiger partial charge in [0.15, 0.2) is 5.96 Å². The number of hydrogen-bond acceptors (Lipinski definition) is 2. The molecule has 0 aliphatic carbocycles. The van der Waals surface area contributed by atoms with Crippen molar-refractivity contribution in [3.63, 3.8) is 0 Å². The first kappa shape index (κ1) is 17.0. The molecule has 0 saturated carbocycles. The molecule has 4 nitrogen and oxygen atoms in total. The molecule has 1 heterocycles. The van der Waals surface area contributed by atoms with Gasteiger partial charge in [0, 0.05) is 25.5 Å². The quantitative estimate of drug-likeness (QED) is 0.610. The number of benzene rings is 1. The highest BCUT2D eigenvalue weighted by molar-refractivity contribution is 5.79. The van der Waals surface area contributed by atoms with E-state index in [0.29, 0.717) is 6.54 Å². The van der Waals surface area contributed by atoms with E-state index < -0.39 is 0 Å². The van der Waals surface area contributed by atoms with Gasteiger partial charge >= 0.3 is 0 Å². The third-order valence-electron chi connectivity index (χ3n) is 3.68. The van der Waals surface area contributed by atoms with Crippen molar-refractivity contribution < 1.29 is 0 Å². The molecule has 0 saturated heterocycles. The molecule has 0 atom stereocenters. The molecule has 4 heteroatoms. The Hall–Kier alpha value is -2.36. The summed E-state index contributed by atoms with van der Waals surface area (Å²) in [7, 11) is 0. The van der Waals surface area contributed by atoms with Crippen LogP contribution in [0.5, 0.6) is 0 Å². The summed E-state index contributed by atoms with van der Waals surface area (Å²) in [6.07, 6.45) is 5.68. The Morgan fingerprint density at radius 3 is 2.57 bits per heavy atom. The number of guanidine groups is 1. The van der Waals surface area contributed by atoms with Crippen molar-refractivity contribution >= 4 is 5.96 Å². The summed E-state index contributed by atoms with van der Waals surface area (Å²) >= 11 is 0. The molecule has 1 aromatic heterocycles. The van der Waals surface area contributed by atoms with Crippen LogP contribution in [0.2, 0.25) is 0 Å². The predicted molar refractivity (Wildman–Crippen MR) is 96.6 cm³/mol. The van der Waals surface area contributed by atoms with E-state index in [0.717, 1.165) is 31.9 Å². The summed E-state index contributed by atoms with van der Waals surface area (Å²) in [4.78, 5) is 8.84. The number of nitrogens with zero attached hydrogens (tertiary/aromatic N) is 2. The predicted octanol–water partition coefficient (Wildman–Crippen LogP) is 2.94. The maximum Gasteiger partial charge on any atom is 0.191 e. The van der Waals surface area contributed by atoms with Crippen molar-refractivity contribution in [1.29, 1.82) is 0 Å². The molecule has 0 amide bonds. The summed E-state index contributed by atoms with van der Waals surface area (Å²) in [5, 5.41) is 6.69. The fourth-order valence-electron chi connectivity index (χ4n) is 2.43. The van der Waals surface area contributed by atoms with Crippen LogP contribution < -0.4 is 10.6 Å². The monoisotopic (exact) mass is 310 g/mol. The van der Waals surface area contributed by atoms with Crippen LogP contribution in [0.25, 0.3) is 0 Å². The second-order valence-electron chi connectivity index (χ2n) is 5.36. The third kappa shape index (κ3) is 5.74. The molecule has 2 rings (SSSR count). The lowest BCUT2D eigenvalue weighted by atomic mass is 10.1. The van der Waals surface area contributed by atoms with Gasteiger partial charge < -0.3 is 10.6 Å². The van der Waals surface area contributed by atoms with Gasteiger partial charge in [-0.2, -0.15) is 0 Å². The summed E-state index contributed by atoms with van der Waals surface area (Å²) in [5.74, 6) is 0.863. The van der Waals surface area contributed by atoms with E-state index in [2.05, 4.69) is 59.8 Å². The summed E-state index contributed by atoms with van der Waals surface area (Å²) in [6.45, 7) is 6.66. The molecule has 0 aliphatic heterocycles. The topological polar surface area (TPSA) is 49.3 Å². The van der Waals surface area contributed by atoms with E-state index in [1.54, 1.807) is 6.20 Å². The summed E-state index contributed by atoms with van der Waals surface area (Å²) in [5.41, 5.74) is 3.88. The van der Waals surface area contributed by atoms with Gasteiger partial charge in [-0.25, -0.2) is 4.99 Å². The molecular weight excluding hydrogens is 284 g/mol. The van der Waals surface area contributed by atoms with E-state index in [1.807, 2.05) is 12.3 Å². The fourth-order valence-corrected chi connectivity index (χ4v) is 2.43. The molecule has 23 heavy (non-hydrogen) atoms. The van der Waals surface area contributed by atoms with Gasteiger partial charge in [-0.3, -0.25) is 4.98 Å². The Labute approximate surface area is 139 Å². The van der Waals surface area contributed by atoms with Gasteiger partial charge in [0.25, 0.3) is 0 Å². The molecule has 0 bridgehead atoms. The number of nitrogens with one attached hydrogen (secondary N) is 2. The van der Waals surface area contributed by atoms with E-state index in [-0.39, 0.29) is 0 Å².